The molecule has 8 nitrogen and oxygen atoms in total. The zero-order valence-corrected chi connectivity index (χ0v) is 21.4. The van der Waals surface area contributed by atoms with Gasteiger partial charge in [0.25, 0.3) is 0 Å². The molecular formula is C28H26F4N4O4. The third-order valence-corrected chi connectivity index (χ3v) is 7.01. The average Bonchev–Trinajstić information content (AvgIpc) is 2.92. The second-order valence-electron chi connectivity index (χ2n) is 9.45. The van der Waals surface area contributed by atoms with Gasteiger partial charge in [-0.25, -0.2) is 9.38 Å². The van der Waals surface area contributed by atoms with E-state index in [1.54, 1.807) is 23.1 Å². The Kier molecular flexibility index (Phi) is 7.17. The Balaban J connectivity index is 1.62. The number of hydrogen-bond donors (Lipinski definition) is 2. The molecule has 3 aromatic carbocycles. The number of phenolic OH excluding ortho intramolecular Hbond substituents is 1. The Morgan fingerprint density at radius 2 is 1.73 bits per heavy atom. The van der Waals surface area contributed by atoms with Gasteiger partial charge in [0.05, 0.1) is 30.8 Å². The highest BCUT2D eigenvalue weighted by Crippen LogP contribution is 2.46. The summed E-state index contributed by atoms with van der Waals surface area (Å²) >= 11 is 0. The number of hydrogen-bond acceptors (Lipinski definition) is 7. The van der Waals surface area contributed by atoms with E-state index in [1.807, 2.05) is 11.0 Å². The molecule has 2 heterocycles. The summed E-state index contributed by atoms with van der Waals surface area (Å²) in [6.45, 7) is 1.61. The van der Waals surface area contributed by atoms with Crippen LogP contribution in [0.5, 0.6) is 11.5 Å². The minimum absolute atomic E-state index is 0.0346. The lowest BCUT2D eigenvalue weighted by atomic mass is 9.96. The van der Waals surface area contributed by atoms with Gasteiger partial charge in [-0.15, -0.1) is 0 Å². The van der Waals surface area contributed by atoms with Gasteiger partial charge in [0.2, 0.25) is 5.96 Å². The number of piperazine rings is 1. The number of ether oxygens (including phenoxy) is 1. The van der Waals surface area contributed by atoms with Crippen LogP contribution in [0, 0.1) is 5.82 Å². The zero-order chi connectivity index (χ0) is 28.6. The standard InChI is InChI=1S/C28H26F4N4O4/c1-40-24-9-8-17(28(30,31)32)14-23(24)36-22(16-25(38)39)20-6-3-7-21(29)26(20)33-27(36)35-12-10-34(11-13-35)18-4-2-5-19(37)15-18/h2-9,14-15,22,37H,10-13,16H2,1H3,(H,38,39). The Hall–Kier alpha value is -4.48. The van der Waals surface area contributed by atoms with Crippen molar-refractivity contribution in [2.75, 3.05) is 43.1 Å². The quantitative estimate of drug-likeness (QED) is 0.405. The molecule has 2 aliphatic rings. The van der Waals surface area contributed by atoms with E-state index < -0.39 is 36.0 Å². The number of aliphatic imine (C=N–C) groups is 1. The number of anilines is 2. The minimum Gasteiger partial charge on any atom is -0.508 e. The number of nitrogens with zero attached hydrogens (tertiary/aromatic N) is 4. The molecule has 2 aliphatic heterocycles. The maximum absolute atomic E-state index is 15.0. The first kappa shape index (κ1) is 27.1. The van der Waals surface area contributed by atoms with Crippen molar-refractivity contribution in [1.82, 2.24) is 4.90 Å². The molecule has 3 aromatic rings. The van der Waals surface area contributed by atoms with Crippen molar-refractivity contribution in [3.63, 3.8) is 0 Å². The molecule has 2 N–H and O–H groups in total. The molecule has 12 heteroatoms. The number of fused-ring (bicyclic) bond motifs is 1. The highest BCUT2D eigenvalue weighted by Gasteiger charge is 2.40. The van der Waals surface area contributed by atoms with E-state index in [9.17, 15) is 28.2 Å². The number of carboxylic acid groups (broad SMARTS) is 1. The molecule has 0 radical (unpaired) electrons. The summed E-state index contributed by atoms with van der Waals surface area (Å²) in [6.07, 6.45) is -5.20. The monoisotopic (exact) mass is 558 g/mol. The van der Waals surface area contributed by atoms with Gasteiger partial charge in [0.1, 0.15) is 23.0 Å². The van der Waals surface area contributed by atoms with Crippen molar-refractivity contribution >= 4 is 29.0 Å². The summed E-state index contributed by atoms with van der Waals surface area (Å²) in [4.78, 5) is 21.8. The van der Waals surface area contributed by atoms with Gasteiger partial charge < -0.3 is 29.6 Å². The Morgan fingerprint density at radius 1 is 1.02 bits per heavy atom. The van der Waals surface area contributed by atoms with Gasteiger partial charge in [-0.05, 0) is 36.4 Å². The van der Waals surface area contributed by atoms with Crippen LogP contribution in [0.4, 0.5) is 34.6 Å². The maximum atomic E-state index is 15.0. The number of halogens is 4. The van der Waals surface area contributed by atoms with Crippen LogP contribution in [-0.2, 0) is 11.0 Å². The van der Waals surface area contributed by atoms with Crippen molar-refractivity contribution in [1.29, 1.82) is 0 Å². The smallest absolute Gasteiger partial charge is 0.416 e. The zero-order valence-electron chi connectivity index (χ0n) is 21.4. The van der Waals surface area contributed by atoms with Crippen LogP contribution in [0.3, 0.4) is 0 Å². The number of aromatic hydroxyl groups is 1. The number of methoxy groups -OCH3 is 1. The van der Waals surface area contributed by atoms with E-state index in [0.29, 0.717) is 26.2 Å². The van der Waals surface area contributed by atoms with Crippen LogP contribution >= 0.6 is 0 Å². The van der Waals surface area contributed by atoms with Crippen LogP contribution in [0.1, 0.15) is 23.6 Å². The number of benzene rings is 3. The van der Waals surface area contributed by atoms with Crippen molar-refractivity contribution in [2.24, 2.45) is 4.99 Å². The van der Waals surface area contributed by atoms with Crippen LogP contribution in [0.15, 0.2) is 65.7 Å². The number of guanidine groups is 1. The molecule has 1 unspecified atom stereocenters. The summed E-state index contributed by atoms with van der Waals surface area (Å²) in [5, 5.41) is 19.7. The number of phenols is 1. The summed E-state index contributed by atoms with van der Waals surface area (Å²) in [5.41, 5.74) is -0.00439. The van der Waals surface area contributed by atoms with Crippen LogP contribution in [-0.4, -0.2) is 60.3 Å². The van der Waals surface area contributed by atoms with Gasteiger partial charge in [-0.1, -0.05) is 18.2 Å². The largest absolute Gasteiger partial charge is 0.508 e. The van der Waals surface area contributed by atoms with Gasteiger partial charge in [0, 0.05) is 43.5 Å². The topological polar surface area (TPSA) is 88.8 Å². The summed E-state index contributed by atoms with van der Waals surface area (Å²) in [7, 11) is 1.31. The lowest BCUT2D eigenvalue weighted by Crippen LogP contribution is -2.55. The van der Waals surface area contributed by atoms with Gasteiger partial charge in [0.15, 0.2) is 0 Å². The fourth-order valence-electron chi connectivity index (χ4n) is 5.13. The molecule has 5 rings (SSSR count). The van der Waals surface area contributed by atoms with E-state index in [4.69, 9.17) is 4.74 Å². The molecule has 0 aliphatic carbocycles. The molecule has 0 amide bonds. The molecule has 1 saturated heterocycles. The average molecular weight is 559 g/mol. The predicted molar refractivity (Wildman–Crippen MR) is 141 cm³/mol. The summed E-state index contributed by atoms with van der Waals surface area (Å²) in [6, 6.07) is 12.8. The number of rotatable bonds is 5. The maximum Gasteiger partial charge on any atom is 0.416 e. The van der Waals surface area contributed by atoms with Gasteiger partial charge in [-0.2, -0.15) is 13.2 Å². The van der Waals surface area contributed by atoms with Crippen molar-refractivity contribution in [2.45, 2.75) is 18.6 Å². The van der Waals surface area contributed by atoms with Crippen molar-refractivity contribution in [3.8, 4) is 11.5 Å². The molecule has 0 spiro atoms. The second kappa shape index (κ2) is 10.6. The molecule has 1 atom stereocenters. The third-order valence-electron chi connectivity index (χ3n) is 7.01. The van der Waals surface area contributed by atoms with Crippen LogP contribution < -0.4 is 14.5 Å². The molecule has 40 heavy (non-hydrogen) atoms. The summed E-state index contributed by atoms with van der Waals surface area (Å²) in [5.74, 6) is -1.57. The van der Waals surface area contributed by atoms with E-state index >= 15 is 4.39 Å². The predicted octanol–water partition coefficient (Wildman–Crippen LogP) is 5.40. The molecule has 0 aromatic heterocycles. The van der Waals surface area contributed by atoms with Crippen LogP contribution in [0.25, 0.3) is 0 Å². The summed E-state index contributed by atoms with van der Waals surface area (Å²) < 4.78 is 61.8. The van der Waals surface area contributed by atoms with Crippen molar-refractivity contribution in [3.05, 3.63) is 77.6 Å². The molecular weight excluding hydrogens is 532 g/mol. The second-order valence-corrected chi connectivity index (χ2v) is 9.45. The Morgan fingerprint density at radius 3 is 2.38 bits per heavy atom. The van der Waals surface area contributed by atoms with Gasteiger partial charge in [-0.3, -0.25) is 4.79 Å². The number of alkyl halides is 3. The molecule has 0 bridgehead atoms. The van der Waals surface area contributed by atoms with E-state index in [1.165, 1.54) is 36.3 Å². The SMILES string of the molecule is COc1ccc(C(F)(F)F)cc1N1C(N2CCN(c3cccc(O)c3)CC2)=Nc2c(F)cccc2C1CC(=O)O. The highest BCUT2D eigenvalue weighted by atomic mass is 19.4. The third kappa shape index (κ3) is 5.21. The van der Waals surface area contributed by atoms with Crippen molar-refractivity contribution < 1.29 is 37.3 Å². The lowest BCUT2D eigenvalue weighted by Gasteiger charge is -2.45. The number of aliphatic carboxylic acids is 1. The highest BCUT2D eigenvalue weighted by molar-refractivity contribution is 6.02. The molecule has 210 valence electrons. The first-order valence-corrected chi connectivity index (χ1v) is 12.5. The minimum atomic E-state index is -4.67. The normalized spacial score (nSPS) is 17.4. The Labute approximate surface area is 227 Å². The van der Waals surface area contributed by atoms with E-state index in [-0.39, 0.29) is 34.4 Å². The number of para-hydroxylation sites is 1. The molecule has 1 fully saturated rings. The van der Waals surface area contributed by atoms with E-state index in [2.05, 4.69) is 4.99 Å². The van der Waals surface area contributed by atoms with Crippen LogP contribution in [0.2, 0.25) is 0 Å². The number of carboxylic acids is 1. The molecule has 0 saturated carbocycles. The number of carbonyl (C=O) groups is 1. The first-order chi connectivity index (χ1) is 19.1. The fourth-order valence-corrected chi connectivity index (χ4v) is 5.13. The lowest BCUT2D eigenvalue weighted by molar-refractivity contribution is -0.138. The first-order valence-electron chi connectivity index (χ1n) is 12.5. The van der Waals surface area contributed by atoms with Gasteiger partial charge >= 0.3 is 12.1 Å². The Bertz CT molecular complexity index is 1450. The van der Waals surface area contributed by atoms with E-state index in [0.717, 1.165) is 17.8 Å². The fraction of sp³-hybridized carbons (Fsp3) is 0.286.